The van der Waals surface area contributed by atoms with E-state index in [9.17, 15) is 0 Å². The molecule has 2 aromatic carbocycles. The van der Waals surface area contributed by atoms with E-state index in [0.717, 1.165) is 39.7 Å². The predicted molar refractivity (Wildman–Crippen MR) is 120 cm³/mol. The molecule has 6 heteroatoms. The van der Waals surface area contributed by atoms with Crippen molar-refractivity contribution in [2.75, 3.05) is 14.2 Å². The highest BCUT2D eigenvalue weighted by Gasteiger charge is 2.31. The van der Waals surface area contributed by atoms with Gasteiger partial charge in [-0.25, -0.2) is 9.67 Å². The molecule has 1 aliphatic rings. The van der Waals surface area contributed by atoms with E-state index < -0.39 is 0 Å². The molecule has 0 saturated heterocycles. The highest BCUT2D eigenvalue weighted by molar-refractivity contribution is 6.02. The largest absolute Gasteiger partial charge is 0.493 e. The van der Waals surface area contributed by atoms with E-state index in [2.05, 4.69) is 18.2 Å². The van der Waals surface area contributed by atoms with Gasteiger partial charge in [0.1, 0.15) is 5.76 Å². The van der Waals surface area contributed by atoms with Gasteiger partial charge in [-0.05, 0) is 42.3 Å². The number of nitrogens with zero attached hydrogens (tertiary/aromatic N) is 3. The van der Waals surface area contributed by atoms with Crippen LogP contribution in [0.5, 0.6) is 11.5 Å². The van der Waals surface area contributed by atoms with Crippen LogP contribution in [-0.4, -0.2) is 29.7 Å². The van der Waals surface area contributed by atoms with E-state index in [1.807, 2.05) is 54.1 Å². The summed E-state index contributed by atoms with van der Waals surface area (Å²) in [5.74, 6) is 3.00. The van der Waals surface area contributed by atoms with Crippen molar-refractivity contribution >= 4 is 11.5 Å². The van der Waals surface area contributed by atoms with Crippen molar-refractivity contribution < 1.29 is 13.9 Å². The second-order valence-electron chi connectivity index (χ2n) is 7.46. The Labute approximate surface area is 180 Å². The zero-order chi connectivity index (χ0) is 21.4. The Morgan fingerprint density at radius 2 is 1.77 bits per heavy atom. The summed E-state index contributed by atoms with van der Waals surface area (Å²) < 4.78 is 18.7. The minimum absolute atomic E-state index is 0.0523. The Bertz CT molecular complexity index is 1240. The van der Waals surface area contributed by atoms with E-state index in [1.165, 1.54) is 0 Å². The molecule has 0 fully saturated rings. The third-order valence-corrected chi connectivity index (χ3v) is 5.64. The van der Waals surface area contributed by atoms with E-state index >= 15 is 0 Å². The maximum Gasteiger partial charge on any atom is 0.161 e. The lowest BCUT2D eigenvalue weighted by Crippen LogP contribution is -2.21. The number of rotatable bonds is 5. The lowest BCUT2D eigenvalue weighted by Gasteiger charge is -2.25. The van der Waals surface area contributed by atoms with Gasteiger partial charge in [0.15, 0.2) is 17.3 Å². The van der Waals surface area contributed by atoms with Crippen LogP contribution in [0.1, 0.15) is 29.5 Å². The third kappa shape index (κ3) is 3.30. The Morgan fingerprint density at radius 1 is 0.968 bits per heavy atom. The standard InChI is InChI=1S/C25H23N3O3/c1-16-24(17-8-5-4-6-9-17)25-26-19(21-10-7-13-31-21)15-20(28(25)27-16)18-11-12-22(29-2)23(14-18)30-3/h4-14,20H,15H2,1-3H3. The Balaban J connectivity index is 1.70. The average Bonchev–Trinajstić information content (AvgIpc) is 3.46. The van der Waals surface area contributed by atoms with Crippen LogP contribution >= 0.6 is 0 Å². The summed E-state index contributed by atoms with van der Waals surface area (Å²) in [5, 5.41) is 4.91. The number of fused-ring (bicyclic) bond motifs is 1. The van der Waals surface area contributed by atoms with Crippen LogP contribution in [0.25, 0.3) is 11.1 Å². The highest BCUT2D eigenvalue weighted by Crippen LogP contribution is 2.43. The minimum atomic E-state index is -0.0523. The lowest BCUT2D eigenvalue weighted by molar-refractivity contribution is 0.353. The van der Waals surface area contributed by atoms with Crippen molar-refractivity contribution in [3.05, 3.63) is 83.9 Å². The first-order valence-electron chi connectivity index (χ1n) is 10.2. The van der Waals surface area contributed by atoms with E-state index in [0.29, 0.717) is 17.9 Å². The predicted octanol–water partition coefficient (Wildman–Crippen LogP) is 5.58. The molecule has 0 radical (unpaired) electrons. The lowest BCUT2D eigenvalue weighted by atomic mass is 9.97. The maximum atomic E-state index is 5.70. The number of aromatic nitrogens is 2. The van der Waals surface area contributed by atoms with Crippen molar-refractivity contribution in [2.24, 2.45) is 4.99 Å². The molecular formula is C25H23N3O3. The SMILES string of the molecule is COc1ccc(C2CC(c3ccco3)=Nc3c(-c4ccccc4)c(C)nn32)cc1OC. The molecule has 31 heavy (non-hydrogen) atoms. The van der Waals surface area contributed by atoms with Crippen molar-refractivity contribution in [3.63, 3.8) is 0 Å². The maximum absolute atomic E-state index is 5.70. The fourth-order valence-electron chi connectivity index (χ4n) is 4.16. The normalized spacial score (nSPS) is 15.3. The summed E-state index contributed by atoms with van der Waals surface area (Å²) in [6, 6.07) is 20.0. The molecule has 1 aliphatic heterocycles. The molecule has 2 aromatic heterocycles. The number of hydrogen-bond acceptors (Lipinski definition) is 5. The van der Waals surface area contributed by atoms with Gasteiger partial charge in [0, 0.05) is 12.0 Å². The van der Waals surface area contributed by atoms with Crippen molar-refractivity contribution in [1.82, 2.24) is 9.78 Å². The minimum Gasteiger partial charge on any atom is -0.493 e. The molecule has 0 spiro atoms. The molecule has 0 saturated carbocycles. The zero-order valence-electron chi connectivity index (χ0n) is 17.7. The first kappa shape index (κ1) is 19.2. The van der Waals surface area contributed by atoms with Crippen molar-refractivity contribution in [1.29, 1.82) is 0 Å². The molecule has 0 bridgehead atoms. The van der Waals surface area contributed by atoms with Crippen molar-refractivity contribution in [2.45, 2.75) is 19.4 Å². The van der Waals surface area contributed by atoms with Gasteiger partial charge in [0.25, 0.3) is 0 Å². The number of aryl methyl sites for hydroxylation is 1. The van der Waals surface area contributed by atoms with Crippen LogP contribution in [-0.2, 0) is 0 Å². The Morgan fingerprint density at radius 3 is 2.48 bits per heavy atom. The van der Waals surface area contributed by atoms with Gasteiger partial charge in [-0.3, -0.25) is 0 Å². The summed E-state index contributed by atoms with van der Waals surface area (Å²) in [5.41, 5.74) is 5.04. The first-order chi connectivity index (χ1) is 15.2. The molecular weight excluding hydrogens is 390 g/mol. The second-order valence-corrected chi connectivity index (χ2v) is 7.46. The quantitative estimate of drug-likeness (QED) is 0.428. The average molecular weight is 413 g/mol. The molecule has 156 valence electrons. The summed E-state index contributed by atoms with van der Waals surface area (Å²) in [6.45, 7) is 2.03. The van der Waals surface area contributed by atoms with E-state index in [-0.39, 0.29) is 6.04 Å². The summed E-state index contributed by atoms with van der Waals surface area (Å²) in [7, 11) is 3.29. The number of ether oxygens (including phenoxy) is 2. The number of furan rings is 1. The van der Waals surface area contributed by atoms with Crippen LogP contribution in [0.15, 0.2) is 76.3 Å². The van der Waals surface area contributed by atoms with E-state index in [4.69, 9.17) is 24.0 Å². The first-order valence-corrected chi connectivity index (χ1v) is 10.2. The van der Waals surface area contributed by atoms with Gasteiger partial charge in [0.05, 0.1) is 37.9 Å². The van der Waals surface area contributed by atoms with Crippen LogP contribution in [0.2, 0.25) is 0 Å². The topological polar surface area (TPSA) is 61.8 Å². The molecule has 0 amide bonds. The molecule has 4 aromatic rings. The van der Waals surface area contributed by atoms with Crippen LogP contribution < -0.4 is 9.47 Å². The van der Waals surface area contributed by atoms with Crippen LogP contribution in [0.4, 0.5) is 5.82 Å². The molecule has 1 atom stereocenters. The molecule has 3 heterocycles. The monoisotopic (exact) mass is 413 g/mol. The Kier molecular flexibility index (Phi) is 4.82. The van der Waals surface area contributed by atoms with Gasteiger partial charge < -0.3 is 13.9 Å². The van der Waals surface area contributed by atoms with Gasteiger partial charge >= 0.3 is 0 Å². The Hall–Kier alpha value is -3.80. The number of benzene rings is 2. The van der Waals surface area contributed by atoms with Gasteiger partial charge in [0.2, 0.25) is 0 Å². The summed E-state index contributed by atoms with van der Waals surface area (Å²) in [6.07, 6.45) is 2.34. The van der Waals surface area contributed by atoms with Crippen LogP contribution in [0, 0.1) is 6.92 Å². The third-order valence-electron chi connectivity index (χ3n) is 5.64. The van der Waals surface area contributed by atoms with Crippen molar-refractivity contribution in [3.8, 4) is 22.6 Å². The van der Waals surface area contributed by atoms with Gasteiger partial charge in [-0.1, -0.05) is 36.4 Å². The molecule has 0 aliphatic carbocycles. The molecule has 0 N–H and O–H groups in total. The fraction of sp³-hybridized carbons (Fsp3) is 0.200. The zero-order valence-corrected chi connectivity index (χ0v) is 17.7. The molecule has 5 rings (SSSR count). The molecule has 1 unspecified atom stereocenters. The fourth-order valence-corrected chi connectivity index (χ4v) is 4.16. The summed E-state index contributed by atoms with van der Waals surface area (Å²) >= 11 is 0. The number of hydrogen-bond donors (Lipinski definition) is 0. The smallest absolute Gasteiger partial charge is 0.161 e. The highest BCUT2D eigenvalue weighted by atomic mass is 16.5. The molecule has 6 nitrogen and oxygen atoms in total. The number of aliphatic imine (C=N–C) groups is 1. The van der Waals surface area contributed by atoms with Gasteiger partial charge in [-0.2, -0.15) is 5.10 Å². The van der Waals surface area contributed by atoms with Gasteiger partial charge in [-0.15, -0.1) is 0 Å². The summed E-state index contributed by atoms with van der Waals surface area (Å²) in [4.78, 5) is 5.00. The van der Waals surface area contributed by atoms with Crippen LogP contribution in [0.3, 0.4) is 0 Å². The van der Waals surface area contributed by atoms with E-state index in [1.54, 1.807) is 20.5 Å². The second kappa shape index (κ2) is 7.80. The number of methoxy groups -OCH3 is 2.